The van der Waals surface area contributed by atoms with Crippen LogP contribution in [-0.2, 0) is 9.47 Å². The molecule has 0 saturated carbocycles. The summed E-state index contributed by atoms with van der Waals surface area (Å²) in [6.07, 6.45) is -6.30. The van der Waals surface area contributed by atoms with Gasteiger partial charge in [-0.15, -0.1) is 0 Å². The summed E-state index contributed by atoms with van der Waals surface area (Å²) in [5, 5.41) is 30.0. The number of rotatable bonds is 2. The monoisotopic (exact) mass is 307 g/mol. The number of hydrogen-bond donors (Lipinski definition) is 4. The van der Waals surface area contributed by atoms with Crippen LogP contribution in [0.3, 0.4) is 0 Å². The van der Waals surface area contributed by atoms with Gasteiger partial charge >= 0.3 is 5.97 Å². The normalized spacial score (nSPS) is 32.1. The van der Waals surface area contributed by atoms with Crippen molar-refractivity contribution in [1.82, 2.24) is 4.98 Å². The van der Waals surface area contributed by atoms with E-state index in [1.165, 1.54) is 6.92 Å². The van der Waals surface area contributed by atoms with E-state index in [-0.39, 0.29) is 5.69 Å². The predicted octanol–water partition coefficient (Wildman–Crippen LogP) is 0.152. The van der Waals surface area contributed by atoms with Gasteiger partial charge in [0, 0.05) is 10.9 Å². The van der Waals surface area contributed by atoms with Crippen LogP contribution >= 0.6 is 0 Å². The summed E-state index contributed by atoms with van der Waals surface area (Å²) >= 11 is 0. The Balaban J connectivity index is 1.76. The number of ether oxygens (including phenoxy) is 2. The molecule has 0 amide bonds. The molecular weight excluding hydrogens is 290 g/mol. The number of aromatic nitrogens is 1. The van der Waals surface area contributed by atoms with Gasteiger partial charge < -0.3 is 29.8 Å². The van der Waals surface area contributed by atoms with Gasteiger partial charge in [-0.1, -0.05) is 18.2 Å². The van der Waals surface area contributed by atoms with Gasteiger partial charge in [0.2, 0.25) is 6.29 Å². The van der Waals surface area contributed by atoms with Gasteiger partial charge in [-0.25, -0.2) is 4.79 Å². The SMILES string of the molecule is CC1OC(OC(=O)c2cc3ccccc3[nH]2)C(O)C(O)C1O. The smallest absolute Gasteiger partial charge is 0.357 e. The van der Waals surface area contributed by atoms with Crippen LogP contribution in [0.15, 0.2) is 30.3 Å². The number of para-hydroxylation sites is 1. The van der Waals surface area contributed by atoms with Crippen molar-refractivity contribution in [2.45, 2.75) is 37.6 Å². The van der Waals surface area contributed by atoms with Gasteiger partial charge in [-0.2, -0.15) is 0 Å². The number of fused-ring (bicyclic) bond motifs is 1. The lowest BCUT2D eigenvalue weighted by atomic mass is 10.0. The summed E-state index contributed by atoms with van der Waals surface area (Å²) < 4.78 is 10.3. The van der Waals surface area contributed by atoms with Gasteiger partial charge in [0.1, 0.15) is 24.0 Å². The number of carbonyl (C=O) groups excluding carboxylic acids is 1. The van der Waals surface area contributed by atoms with Gasteiger partial charge in [0.05, 0.1) is 6.10 Å². The average Bonchev–Trinajstić information content (AvgIpc) is 2.94. The molecule has 1 aliphatic rings. The number of aliphatic hydroxyl groups is 3. The van der Waals surface area contributed by atoms with Gasteiger partial charge in [-0.05, 0) is 19.1 Å². The molecule has 1 fully saturated rings. The highest BCUT2D eigenvalue weighted by molar-refractivity contribution is 5.94. The lowest BCUT2D eigenvalue weighted by Crippen LogP contribution is -2.57. The van der Waals surface area contributed by atoms with Crippen molar-refractivity contribution in [1.29, 1.82) is 0 Å². The minimum Gasteiger partial charge on any atom is -0.428 e. The van der Waals surface area contributed by atoms with E-state index in [1.807, 2.05) is 24.3 Å². The molecule has 1 aliphatic heterocycles. The number of carbonyl (C=O) groups is 1. The second-order valence-electron chi connectivity index (χ2n) is 5.36. The van der Waals surface area contributed by atoms with E-state index in [4.69, 9.17) is 9.47 Å². The number of benzene rings is 1. The number of esters is 1. The lowest BCUT2D eigenvalue weighted by molar-refractivity contribution is -0.276. The maximum absolute atomic E-state index is 12.1. The lowest BCUT2D eigenvalue weighted by Gasteiger charge is -2.38. The Bertz CT molecular complexity index is 650. The standard InChI is InChI=1S/C15H17NO6/c1-7-11(17)12(18)13(19)15(21-7)22-14(20)10-6-8-4-2-3-5-9(8)16-10/h2-7,11-13,15-19H,1H3. The highest BCUT2D eigenvalue weighted by Gasteiger charge is 2.43. The Kier molecular flexibility index (Phi) is 3.88. The van der Waals surface area contributed by atoms with Crippen molar-refractivity contribution < 1.29 is 29.6 Å². The maximum Gasteiger partial charge on any atom is 0.357 e. The van der Waals surface area contributed by atoms with E-state index >= 15 is 0 Å². The third-order valence-corrected chi connectivity index (χ3v) is 3.78. The van der Waals surface area contributed by atoms with E-state index in [9.17, 15) is 20.1 Å². The first kappa shape index (κ1) is 15.0. The van der Waals surface area contributed by atoms with Crippen LogP contribution in [0.5, 0.6) is 0 Å². The molecule has 2 heterocycles. The summed E-state index contributed by atoms with van der Waals surface area (Å²) in [4.78, 5) is 15.0. The largest absolute Gasteiger partial charge is 0.428 e. The van der Waals surface area contributed by atoms with Crippen LogP contribution in [0.25, 0.3) is 10.9 Å². The first-order valence-electron chi connectivity index (χ1n) is 6.96. The fourth-order valence-corrected chi connectivity index (χ4v) is 2.46. The van der Waals surface area contributed by atoms with Gasteiger partial charge in [-0.3, -0.25) is 0 Å². The highest BCUT2D eigenvalue weighted by atomic mass is 16.7. The number of aliphatic hydroxyl groups excluding tert-OH is 3. The molecule has 5 unspecified atom stereocenters. The Morgan fingerprint density at radius 1 is 1.18 bits per heavy atom. The highest BCUT2D eigenvalue weighted by Crippen LogP contribution is 2.23. The number of nitrogens with one attached hydrogen (secondary N) is 1. The van der Waals surface area contributed by atoms with Crippen molar-refractivity contribution in [3.8, 4) is 0 Å². The van der Waals surface area contributed by atoms with Crippen LogP contribution in [0.4, 0.5) is 0 Å². The van der Waals surface area contributed by atoms with Crippen molar-refractivity contribution >= 4 is 16.9 Å². The molecule has 1 saturated heterocycles. The average molecular weight is 307 g/mol. The molecule has 5 atom stereocenters. The Hall–Kier alpha value is -1.93. The molecular formula is C15H17NO6. The molecule has 22 heavy (non-hydrogen) atoms. The first-order chi connectivity index (χ1) is 10.5. The number of hydrogen-bond acceptors (Lipinski definition) is 6. The topological polar surface area (TPSA) is 112 Å². The molecule has 0 spiro atoms. The Morgan fingerprint density at radius 3 is 2.64 bits per heavy atom. The number of H-pyrrole nitrogens is 1. The number of aromatic amines is 1. The van der Waals surface area contributed by atoms with Crippen LogP contribution in [-0.4, -0.2) is 57.0 Å². The van der Waals surface area contributed by atoms with Crippen LogP contribution < -0.4 is 0 Å². The minimum atomic E-state index is -1.51. The molecule has 0 aliphatic carbocycles. The summed E-state index contributed by atoms with van der Waals surface area (Å²) in [7, 11) is 0. The second-order valence-corrected chi connectivity index (χ2v) is 5.36. The summed E-state index contributed by atoms with van der Waals surface area (Å²) in [5.74, 6) is -0.712. The van der Waals surface area contributed by atoms with Crippen LogP contribution in [0.2, 0.25) is 0 Å². The molecule has 7 heteroatoms. The van der Waals surface area contributed by atoms with E-state index < -0.39 is 36.7 Å². The van der Waals surface area contributed by atoms with Crippen molar-refractivity contribution in [3.63, 3.8) is 0 Å². The Labute approximate surface area is 126 Å². The fraction of sp³-hybridized carbons (Fsp3) is 0.400. The second kappa shape index (κ2) is 5.69. The molecule has 1 aromatic heterocycles. The molecule has 118 valence electrons. The quantitative estimate of drug-likeness (QED) is 0.588. The minimum absolute atomic E-state index is 0.213. The molecule has 3 rings (SSSR count). The molecule has 1 aromatic carbocycles. The predicted molar refractivity (Wildman–Crippen MR) is 76.1 cm³/mol. The van der Waals surface area contributed by atoms with Crippen LogP contribution in [0.1, 0.15) is 17.4 Å². The summed E-state index contributed by atoms with van der Waals surface area (Å²) in [6, 6.07) is 8.97. The van der Waals surface area contributed by atoms with E-state index in [0.29, 0.717) is 0 Å². The zero-order chi connectivity index (χ0) is 15.9. The molecule has 0 radical (unpaired) electrons. The van der Waals surface area contributed by atoms with E-state index in [1.54, 1.807) is 6.07 Å². The first-order valence-corrected chi connectivity index (χ1v) is 6.96. The van der Waals surface area contributed by atoms with Crippen molar-refractivity contribution in [2.24, 2.45) is 0 Å². The molecule has 2 aromatic rings. The third kappa shape index (κ3) is 2.59. The zero-order valence-electron chi connectivity index (χ0n) is 11.8. The summed E-state index contributed by atoms with van der Waals surface area (Å²) in [5.41, 5.74) is 0.994. The molecule has 7 nitrogen and oxygen atoms in total. The third-order valence-electron chi connectivity index (χ3n) is 3.78. The Morgan fingerprint density at radius 2 is 1.91 bits per heavy atom. The maximum atomic E-state index is 12.1. The van der Waals surface area contributed by atoms with E-state index in [2.05, 4.69) is 4.98 Å². The summed E-state index contributed by atoms with van der Waals surface area (Å²) in [6.45, 7) is 1.52. The van der Waals surface area contributed by atoms with Crippen molar-refractivity contribution in [3.05, 3.63) is 36.0 Å². The fourth-order valence-electron chi connectivity index (χ4n) is 2.46. The molecule has 4 N–H and O–H groups in total. The van der Waals surface area contributed by atoms with Crippen LogP contribution in [0, 0.1) is 0 Å². The zero-order valence-corrected chi connectivity index (χ0v) is 11.8. The van der Waals surface area contributed by atoms with Gasteiger partial charge in [0.25, 0.3) is 0 Å². The molecule has 0 bridgehead atoms. The van der Waals surface area contributed by atoms with E-state index in [0.717, 1.165) is 10.9 Å². The van der Waals surface area contributed by atoms with Crippen molar-refractivity contribution in [2.75, 3.05) is 0 Å². The van der Waals surface area contributed by atoms with Gasteiger partial charge in [0.15, 0.2) is 0 Å².